The lowest BCUT2D eigenvalue weighted by Crippen LogP contribution is -2.45. The van der Waals surface area contributed by atoms with Gasteiger partial charge in [0.2, 0.25) is 0 Å². The number of hydrogen-bond acceptors (Lipinski definition) is 3. The molecule has 2 saturated carbocycles. The van der Waals surface area contributed by atoms with Crippen LogP contribution in [0.1, 0.15) is 51.9 Å². The van der Waals surface area contributed by atoms with Gasteiger partial charge in [-0.05, 0) is 57.0 Å². The zero-order valence-electron chi connectivity index (χ0n) is 11.9. The molecule has 4 atom stereocenters. The van der Waals surface area contributed by atoms with E-state index in [4.69, 9.17) is 0 Å². The SMILES string of the molecule is C[C@H]1CC(=O)[C@]23CCCNCCC[C@@H]2C(=O)C[C@@H]3C1. The topological polar surface area (TPSA) is 46.2 Å². The van der Waals surface area contributed by atoms with Crippen LogP contribution >= 0.6 is 0 Å². The van der Waals surface area contributed by atoms with Crippen LogP contribution < -0.4 is 5.32 Å². The first-order valence-electron chi connectivity index (χ1n) is 7.91. The monoisotopic (exact) mass is 263 g/mol. The van der Waals surface area contributed by atoms with Crippen LogP contribution in [0.2, 0.25) is 0 Å². The highest BCUT2D eigenvalue weighted by atomic mass is 16.1. The Bertz CT molecular complexity index is 392. The van der Waals surface area contributed by atoms with E-state index >= 15 is 0 Å². The average Bonchev–Trinajstić information content (AvgIpc) is 2.67. The molecule has 0 unspecified atom stereocenters. The third-order valence-corrected chi connectivity index (χ3v) is 5.72. The number of carbonyl (C=O) groups excluding carboxylic acids is 2. The lowest BCUT2D eigenvalue weighted by Gasteiger charge is -2.43. The predicted molar refractivity (Wildman–Crippen MR) is 73.8 cm³/mol. The van der Waals surface area contributed by atoms with Crippen molar-refractivity contribution in [3.05, 3.63) is 0 Å². The van der Waals surface area contributed by atoms with Gasteiger partial charge >= 0.3 is 0 Å². The summed E-state index contributed by atoms with van der Waals surface area (Å²) in [6.07, 6.45) is 6.40. The van der Waals surface area contributed by atoms with Gasteiger partial charge in [0.05, 0.1) is 0 Å². The van der Waals surface area contributed by atoms with E-state index in [1.165, 1.54) is 0 Å². The van der Waals surface area contributed by atoms with Crippen molar-refractivity contribution in [3.63, 3.8) is 0 Å². The predicted octanol–water partition coefficient (Wildman–Crippen LogP) is 2.34. The molecule has 1 N–H and O–H groups in total. The molecule has 3 heteroatoms. The Kier molecular flexibility index (Phi) is 3.50. The third kappa shape index (κ3) is 2.06. The van der Waals surface area contributed by atoms with Gasteiger partial charge in [-0.2, -0.15) is 0 Å². The van der Waals surface area contributed by atoms with Crippen LogP contribution in [-0.2, 0) is 9.59 Å². The van der Waals surface area contributed by atoms with E-state index in [1.54, 1.807) is 0 Å². The average molecular weight is 263 g/mol. The minimum Gasteiger partial charge on any atom is -0.317 e. The van der Waals surface area contributed by atoms with Gasteiger partial charge in [-0.15, -0.1) is 0 Å². The van der Waals surface area contributed by atoms with Crippen molar-refractivity contribution >= 4 is 11.6 Å². The Balaban J connectivity index is 1.96. The molecule has 106 valence electrons. The molecule has 0 amide bonds. The molecule has 1 aliphatic heterocycles. The molecule has 0 bridgehead atoms. The van der Waals surface area contributed by atoms with Gasteiger partial charge in [-0.1, -0.05) is 6.92 Å². The van der Waals surface area contributed by atoms with E-state index in [1.807, 2.05) is 0 Å². The van der Waals surface area contributed by atoms with Crippen molar-refractivity contribution in [2.75, 3.05) is 13.1 Å². The first kappa shape index (κ1) is 13.3. The minimum absolute atomic E-state index is 0.0393. The van der Waals surface area contributed by atoms with Gasteiger partial charge in [-0.25, -0.2) is 0 Å². The lowest BCUT2D eigenvalue weighted by molar-refractivity contribution is -0.142. The highest BCUT2D eigenvalue weighted by molar-refractivity contribution is 5.97. The Morgan fingerprint density at radius 3 is 2.79 bits per heavy atom. The van der Waals surface area contributed by atoms with Gasteiger partial charge in [-0.3, -0.25) is 9.59 Å². The van der Waals surface area contributed by atoms with E-state index in [0.717, 1.165) is 45.2 Å². The van der Waals surface area contributed by atoms with Crippen molar-refractivity contribution in [2.24, 2.45) is 23.2 Å². The van der Waals surface area contributed by atoms with Crippen LogP contribution in [0.5, 0.6) is 0 Å². The fraction of sp³-hybridized carbons (Fsp3) is 0.875. The second kappa shape index (κ2) is 5.01. The van der Waals surface area contributed by atoms with Gasteiger partial charge in [0.25, 0.3) is 0 Å². The zero-order valence-corrected chi connectivity index (χ0v) is 11.9. The highest BCUT2D eigenvalue weighted by Crippen LogP contribution is 2.57. The summed E-state index contributed by atoms with van der Waals surface area (Å²) in [5.41, 5.74) is -0.268. The summed E-state index contributed by atoms with van der Waals surface area (Å²) in [4.78, 5) is 25.2. The standard InChI is InChI=1S/C16H25NO2/c1-11-8-12-10-14(18)13-4-2-6-17-7-3-5-16(12,13)15(19)9-11/h11-13,17H,2-10H2,1H3/t11-,12+,13-,16+/m1/s1. The second-order valence-corrected chi connectivity index (χ2v) is 6.92. The highest BCUT2D eigenvalue weighted by Gasteiger charge is 2.59. The zero-order chi connectivity index (χ0) is 13.5. The Morgan fingerprint density at radius 2 is 1.95 bits per heavy atom. The summed E-state index contributed by atoms with van der Waals surface area (Å²) in [6, 6.07) is 0. The maximum absolute atomic E-state index is 12.8. The van der Waals surface area contributed by atoms with Crippen LogP contribution in [0.3, 0.4) is 0 Å². The molecule has 0 radical (unpaired) electrons. The third-order valence-electron chi connectivity index (χ3n) is 5.72. The Labute approximate surface area is 115 Å². The van der Waals surface area contributed by atoms with E-state index in [-0.39, 0.29) is 11.3 Å². The van der Waals surface area contributed by atoms with E-state index in [2.05, 4.69) is 12.2 Å². The van der Waals surface area contributed by atoms with E-state index < -0.39 is 0 Å². The molecular formula is C16H25NO2. The maximum atomic E-state index is 12.8. The smallest absolute Gasteiger partial charge is 0.140 e. The number of carbonyl (C=O) groups is 2. The molecular weight excluding hydrogens is 238 g/mol. The van der Waals surface area contributed by atoms with Crippen molar-refractivity contribution in [3.8, 4) is 0 Å². The largest absolute Gasteiger partial charge is 0.317 e. The van der Waals surface area contributed by atoms with Gasteiger partial charge < -0.3 is 5.32 Å². The quantitative estimate of drug-likeness (QED) is 0.729. The number of ketones is 2. The summed E-state index contributed by atoms with van der Waals surface area (Å²) >= 11 is 0. The summed E-state index contributed by atoms with van der Waals surface area (Å²) in [5, 5.41) is 3.42. The molecule has 0 aromatic heterocycles. The summed E-state index contributed by atoms with van der Waals surface area (Å²) in [5.74, 6) is 1.65. The molecule has 0 aromatic rings. The lowest BCUT2D eigenvalue weighted by atomic mass is 9.58. The number of rotatable bonds is 0. The molecule has 1 saturated heterocycles. The molecule has 3 nitrogen and oxygen atoms in total. The Hall–Kier alpha value is -0.700. The van der Waals surface area contributed by atoms with Crippen LogP contribution in [-0.4, -0.2) is 24.7 Å². The maximum Gasteiger partial charge on any atom is 0.140 e. The molecule has 3 aliphatic rings. The van der Waals surface area contributed by atoms with Gasteiger partial charge in [0.1, 0.15) is 11.6 Å². The van der Waals surface area contributed by atoms with Crippen LogP contribution in [0.15, 0.2) is 0 Å². The first-order chi connectivity index (χ1) is 9.14. The molecule has 2 aliphatic carbocycles. The van der Waals surface area contributed by atoms with E-state index in [9.17, 15) is 9.59 Å². The first-order valence-corrected chi connectivity index (χ1v) is 7.91. The molecule has 0 aromatic carbocycles. The van der Waals surface area contributed by atoms with Crippen LogP contribution in [0.4, 0.5) is 0 Å². The normalized spacial score (nSPS) is 43.9. The summed E-state index contributed by atoms with van der Waals surface area (Å²) in [6.45, 7) is 4.16. The Morgan fingerprint density at radius 1 is 1.16 bits per heavy atom. The fourth-order valence-electron chi connectivity index (χ4n) is 4.93. The molecule has 1 spiro atoms. The van der Waals surface area contributed by atoms with Crippen LogP contribution in [0, 0.1) is 23.2 Å². The second-order valence-electron chi connectivity index (χ2n) is 6.92. The number of nitrogens with one attached hydrogen (secondary N) is 1. The minimum atomic E-state index is -0.268. The van der Waals surface area contributed by atoms with E-state index in [0.29, 0.717) is 36.2 Å². The number of hydrogen-bond donors (Lipinski definition) is 1. The summed E-state index contributed by atoms with van der Waals surface area (Å²) in [7, 11) is 0. The molecule has 3 fully saturated rings. The van der Waals surface area contributed by atoms with Crippen molar-refractivity contribution in [1.29, 1.82) is 0 Å². The summed E-state index contributed by atoms with van der Waals surface area (Å²) < 4.78 is 0. The fourth-order valence-corrected chi connectivity index (χ4v) is 4.93. The van der Waals surface area contributed by atoms with Crippen molar-refractivity contribution in [2.45, 2.75) is 51.9 Å². The molecule has 19 heavy (non-hydrogen) atoms. The van der Waals surface area contributed by atoms with Gasteiger partial charge in [0.15, 0.2) is 0 Å². The van der Waals surface area contributed by atoms with Gasteiger partial charge in [0, 0.05) is 24.2 Å². The molecule has 1 heterocycles. The number of Topliss-reactive ketones (excluding diaryl/α,β-unsaturated/α-hetero) is 2. The van der Waals surface area contributed by atoms with Crippen LogP contribution in [0.25, 0.3) is 0 Å². The van der Waals surface area contributed by atoms with Crippen molar-refractivity contribution < 1.29 is 9.59 Å². The molecule has 3 rings (SSSR count). The van der Waals surface area contributed by atoms with Crippen molar-refractivity contribution in [1.82, 2.24) is 5.32 Å².